The molecule has 7 nitrogen and oxygen atoms in total. The van der Waals surface area contributed by atoms with Crippen molar-refractivity contribution in [3.63, 3.8) is 0 Å². The summed E-state index contributed by atoms with van der Waals surface area (Å²) in [4.78, 5) is 31.1. The first kappa shape index (κ1) is 21.7. The first-order chi connectivity index (χ1) is 15.4. The molecule has 4 rings (SSSR count). The SMILES string of the molecule is CCC(=O)Nc1cccc(-c2noc(C3CCN(C(=O)c4ccc(C)cc4C)CC3)n2)c1. The van der Waals surface area contributed by atoms with Crippen molar-refractivity contribution in [2.24, 2.45) is 0 Å². The van der Waals surface area contributed by atoms with E-state index in [4.69, 9.17) is 4.52 Å². The van der Waals surface area contributed by atoms with Crippen LogP contribution in [0.25, 0.3) is 11.4 Å². The molecule has 1 aliphatic heterocycles. The van der Waals surface area contributed by atoms with Crippen LogP contribution in [0.2, 0.25) is 0 Å². The van der Waals surface area contributed by atoms with E-state index in [-0.39, 0.29) is 17.7 Å². The summed E-state index contributed by atoms with van der Waals surface area (Å²) < 4.78 is 5.56. The summed E-state index contributed by atoms with van der Waals surface area (Å²) in [5, 5.41) is 6.99. The molecule has 1 aromatic heterocycles. The minimum absolute atomic E-state index is 0.0434. The number of amides is 2. The Morgan fingerprint density at radius 2 is 1.91 bits per heavy atom. The normalized spacial score (nSPS) is 14.4. The van der Waals surface area contributed by atoms with Gasteiger partial charge < -0.3 is 14.7 Å². The zero-order valence-electron chi connectivity index (χ0n) is 18.7. The monoisotopic (exact) mass is 432 g/mol. The highest BCUT2D eigenvalue weighted by atomic mass is 16.5. The summed E-state index contributed by atoms with van der Waals surface area (Å²) in [5.74, 6) is 1.27. The van der Waals surface area contributed by atoms with E-state index in [0.717, 1.165) is 35.1 Å². The summed E-state index contributed by atoms with van der Waals surface area (Å²) in [6.07, 6.45) is 1.98. The third kappa shape index (κ3) is 4.72. The van der Waals surface area contributed by atoms with Gasteiger partial charge in [0.05, 0.1) is 0 Å². The molecule has 0 unspecified atom stereocenters. The molecule has 1 fully saturated rings. The zero-order valence-corrected chi connectivity index (χ0v) is 18.7. The van der Waals surface area contributed by atoms with Crippen LogP contribution >= 0.6 is 0 Å². The van der Waals surface area contributed by atoms with Gasteiger partial charge >= 0.3 is 0 Å². The average molecular weight is 433 g/mol. The van der Waals surface area contributed by atoms with Gasteiger partial charge in [-0.3, -0.25) is 9.59 Å². The molecule has 2 aromatic carbocycles. The summed E-state index contributed by atoms with van der Waals surface area (Å²) in [5.41, 5.74) is 4.43. The highest BCUT2D eigenvalue weighted by Gasteiger charge is 2.28. The van der Waals surface area contributed by atoms with Gasteiger partial charge in [0.1, 0.15) is 0 Å². The van der Waals surface area contributed by atoms with Crippen LogP contribution in [0.3, 0.4) is 0 Å². The predicted octanol–water partition coefficient (Wildman–Crippen LogP) is 4.72. The third-order valence-corrected chi connectivity index (χ3v) is 5.91. The van der Waals surface area contributed by atoms with E-state index >= 15 is 0 Å². The number of carbonyl (C=O) groups is 2. The zero-order chi connectivity index (χ0) is 22.7. The van der Waals surface area contributed by atoms with E-state index < -0.39 is 0 Å². The van der Waals surface area contributed by atoms with Gasteiger partial charge in [-0.05, 0) is 50.5 Å². The summed E-state index contributed by atoms with van der Waals surface area (Å²) >= 11 is 0. The Kier molecular flexibility index (Phi) is 6.35. The Morgan fingerprint density at radius 1 is 1.12 bits per heavy atom. The number of piperidine rings is 1. The fourth-order valence-electron chi connectivity index (χ4n) is 4.06. The highest BCUT2D eigenvalue weighted by molar-refractivity contribution is 5.95. The Bertz CT molecular complexity index is 1130. The smallest absolute Gasteiger partial charge is 0.254 e. The number of carbonyl (C=O) groups excluding carboxylic acids is 2. The van der Waals surface area contributed by atoms with Crippen molar-refractivity contribution in [2.75, 3.05) is 18.4 Å². The van der Waals surface area contributed by atoms with E-state index in [1.54, 1.807) is 0 Å². The van der Waals surface area contributed by atoms with Crippen molar-refractivity contribution >= 4 is 17.5 Å². The van der Waals surface area contributed by atoms with Crippen LogP contribution in [0.4, 0.5) is 5.69 Å². The number of hydrogen-bond donors (Lipinski definition) is 1. The van der Waals surface area contributed by atoms with Crippen LogP contribution < -0.4 is 5.32 Å². The molecule has 166 valence electrons. The van der Waals surface area contributed by atoms with Crippen LogP contribution in [0.5, 0.6) is 0 Å². The second kappa shape index (κ2) is 9.34. The predicted molar refractivity (Wildman–Crippen MR) is 122 cm³/mol. The van der Waals surface area contributed by atoms with Gasteiger partial charge in [-0.1, -0.05) is 41.9 Å². The van der Waals surface area contributed by atoms with E-state index in [9.17, 15) is 9.59 Å². The molecular formula is C25H28N4O3. The van der Waals surface area contributed by atoms with Crippen LogP contribution in [0.15, 0.2) is 47.0 Å². The molecule has 0 aliphatic carbocycles. The van der Waals surface area contributed by atoms with Gasteiger partial charge in [0, 0.05) is 42.2 Å². The molecule has 0 saturated carbocycles. The number of aryl methyl sites for hydroxylation is 2. The van der Waals surface area contributed by atoms with E-state index in [1.807, 2.05) is 68.1 Å². The molecule has 2 heterocycles. The van der Waals surface area contributed by atoms with Crippen molar-refractivity contribution < 1.29 is 14.1 Å². The molecule has 0 atom stereocenters. The van der Waals surface area contributed by atoms with Gasteiger partial charge in [-0.25, -0.2) is 0 Å². The standard InChI is InChI=1S/C25H28N4O3/c1-4-22(30)26-20-7-5-6-19(15-20)23-27-24(32-28-23)18-10-12-29(13-11-18)25(31)21-9-8-16(2)14-17(21)3/h5-9,14-15,18H,4,10-13H2,1-3H3,(H,26,30). The summed E-state index contributed by atoms with van der Waals surface area (Å²) in [6, 6.07) is 13.4. The maximum Gasteiger partial charge on any atom is 0.254 e. The van der Waals surface area contributed by atoms with Crippen LogP contribution in [0.1, 0.15) is 59.5 Å². The van der Waals surface area contributed by atoms with Gasteiger partial charge in [0.2, 0.25) is 17.6 Å². The van der Waals surface area contributed by atoms with Crippen molar-refractivity contribution in [1.82, 2.24) is 15.0 Å². The number of nitrogens with zero attached hydrogens (tertiary/aromatic N) is 3. The maximum atomic E-state index is 12.9. The van der Waals surface area contributed by atoms with Gasteiger partial charge in [0.15, 0.2) is 0 Å². The molecule has 32 heavy (non-hydrogen) atoms. The molecule has 2 amide bonds. The van der Waals surface area contributed by atoms with Crippen LogP contribution in [0, 0.1) is 13.8 Å². The largest absolute Gasteiger partial charge is 0.339 e. The topological polar surface area (TPSA) is 88.3 Å². The Balaban J connectivity index is 1.40. The molecular weight excluding hydrogens is 404 g/mol. The lowest BCUT2D eigenvalue weighted by Gasteiger charge is -2.30. The molecule has 0 radical (unpaired) electrons. The number of rotatable bonds is 5. The minimum atomic E-state index is -0.0434. The third-order valence-electron chi connectivity index (χ3n) is 5.91. The minimum Gasteiger partial charge on any atom is -0.339 e. The van der Waals surface area contributed by atoms with Crippen molar-refractivity contribution in [3.05, 3.63) is 65.0 Å². The number of benzene rings is 2. The molecule has 0 bridgehead atoms. The first-order valence-electron chi connectivity index (χ1n) is 11.0. The number of anilines is 1. The maximum absolute atomic E-state index is 12.9. The first-order valence-corrected chi connectivity index (χ1v) is 11.0. The lowest BCUT2D eigenvalue weighted by atomic mass is 9.95. The van der Waals surface area contributed by atoms with Gasteiger partial charge in [-0.2, -0.15) is 4.98 Å². The lowest BCUT2D eigenvalue weighted by Crippen LogP contribution is -2.38. The molecule has 0 spiro atoms. The summed E-state index contributed by atoms with van der Waals surface area (Å²) in [6.45, 7) is 7.14. The van der Waals surface area contributed by atoms with Gasteiger partial charge in [-0.15, -0.1) is 0 Å². The highest BCUT2D eigenvalue weighted by Crippen LogP contribution is 2.30. The average Bonchev–Trinajstić information content (AvgIpc) is 3.29. The van der Waals surface area contributed by atoms with Crippen molar-refractivity contribution in [2.45, 2.75) is 46.0 Å². The van der Waals surface area contributed by atoms with E-state index in [2.05, 4.69) is 15.5 Å². The quantitative estimate of drug-likeness (QED) is 0.630. The number of nitrogens with one attached hydrogen (secondary N) is 1. The molecule has 1 N–H and O–H groups in total. The van der Waals surface area contributed by atoms with E-state index in [1.165, 1.54) is 0 Å². The number of aromatic nitrogens is 2. The molecule has 7 heteroatoms. The molecule has 1 saturated heterocycles. The number of likely N-dealkylation sites (tertiary alicyclic amines) is 1. The lowest BCUT2D eigenvalue weighted by molar-refractivity contribution is -0.115. The Morgan fingerprint density at radius 3 is 2.62 bits per heavy atom. The van der Waals surface area contributed by atoms with E-state index in [0.29, 0.717) is 36.9 Å². The Labute approximate surface area is 187 Å². The molecule has 1 aliphatic rings. The van der Waals surface area contributed by atoms with Crippen molar-refractivity contribution in [1.29, 1.82) is 0 Å². The van der Waals surface area contributed by atoms with Crippen molar-refractivity contribution in [3.8, 4) is 11.4 Å². The fraction of sp³-hybridized carbons (Fsp3) is 0.360. The Hall–Kier alpha value is -3.48. The van der Waals surface area contributed by atoms with Crippen LogP contribution in [-0.4, -0.2) is 39.9 Å². The summed E-state index contributed by atoms with van der Waals surface area (Å²) in [7, 11) is 0. The van der Waals surface area contributed by atoms with Crippen LogP contribution in [-0.2, 0) is 4.79 Å². The number of hydrogen-bond acceptors (Lipinski definition) is 5. The fourth-order valence-corrected chi connectivity index (χ4v) is 4.06. The second-order valence-corrected chi connectivity index (χ2v) is 8.32. The second-order valence-electron chi connectivity index (χ2n) is 8.32. The van der Waals surface area contributed by atoms with Gasteiger partial charge in [0.25, 0.3) is 5.91 Å². The molecule has 3 aromatic rings.